The van der Waals surface area contributed by atoms with Gasteiger partial charge in [0.05, 0.1) is 0 Å². The van der Waals surface area contributed by atoms with E-state index in [4.69, 9.17) is 4.74 Å². The highest BCUT2D eigenvalue weighted by Gasteiger charge is 2.21. The van der Waals surface area contributed by atoms with E-state index in [0.717, 1.165) is 5.56 Å². The molecule has 0 radical (unpaired) electrons. The van der Waals surface area contributed by atoms with Gasteiger partial charge in [-0.3, -0.25) is 0 Å². The van der Waals surface area contributed by atoms with Crippen LogP contribution in [0, 0.1) is 0 Å². The maximum absolute atomic E-state index is 12.3. The highest BCUT2D eigenvalue weighted by atomic mass is 32.2. The third-order valence-corrected chi connectivity index (χ3v) is 4.78. The molecule has 0 aliphatic rings. The van der Waals surface area contributed by atoms with E-state index in [1.54, 1.807) is 32.5 Å². The maximum Gasteiger partial charge on any atom is 0.260 e. The summed E-state index contributed by atoms with van der Waals surface area (Å²) in [5.74, 6) is 0. The molecule has 1 rings (SSSR count). The first-order valence-electron chi connectivity index (χ1n) is 7.01. The fourth-order valence-corrected chi connectivity index (χ4v) is 2.82. The third kappa shape index (κ3) is 5.70. The Kier molecular flexibility index (Phi) is 7.24. The van der Waals surface area contributed by atoms with Crippen molar-refractivity contribution in [1.29, 1.82) is 0 Å². The van der Waals surface area contributed by atoms with Gasteiger partial charge in [0.2, 0.25) is 0 Å². The summed E-state index contributed by atoms with van der Waals surface area (Å²) in [4.78, 5) is 4.08. The van der Waals surface area contributed by atoms with E-state index < -0.39 is 10.0 Å². The number of hydrogen-bond acceptors (Lipinski definition) is 5. The molecule has 0 atom stereocenters. The number of sulfonamides is 1. The number of ether oxygens (including phenoxy) is 1. The second-order valence-electron chi connectivity index (χ2n) is 5.21. The van der Waals surface area contributed by atoms with E-state index in [1.807, 2.05) is 0 Å². The topological polar surface area (TPSA) is 71.5 Å². The lowest BCUT2D eigenvalue weighted by molar-refractivity contribution is 0.189. The Morgan fingerprint density at radius 2 is 2.10 bits per heavy atom. The molecule has 0 bridgehead atoms. The lowest BCUT2D eigenvalue weighted by Gasteiger charge is -2.16. The van der Waals surface area contributed by atoms with Crippen molar-refractivity contribution in [2.45, 2.75) is 37.9 Å². The molecule has 0 saturated carbocycles. The zero-order valence-electron chi connectivity index (χ0n) is 13.2. The van der Waals surface area contributed by atoms with Crippen molar-refractivity contribution in [3.05, 3.63) is 23.9 Å². The van der Waals surface area contributed by atoms with Crippen LogP contribution in [0.15, 0.2) is 23.4 Å². The normalized spacial score (nSPS) is 12.3. The Morgan fingerprint density at radius 1 is 1.38 bits per heavy atom. The van der Waals surface area contributed by atoms with Crippen molar-refractivity contribution in [3.63, 3.8) is 0 Å². The quantitative estimate of drug-likeness (QED) is 0.694. The molecule has 1 aromatic rings. The molecule has 0 fully saturated rings. The summed E-state index contributed by atoms with van der Waals surface area (Å²) in [6, 6.07) is 3.72. The van der Waals surface area contributed by atoms with Crippen LogP contribution < -0.4 is 5.32 Å². The molecule has 0 saturated heterocycles. The molecular formula is C14H25N3O3S. The molecule has 0 spiro atoms. The second-order valence-corrected chi connectivity index (χ2v) is 7.20. The summed E-state index contributed by atoms with van der Waals surface area (Å²) in [5, 5.41) is 3.34. The molecule has 0 aliphatic carbocycles. The Morgan fingerprint density at radius 3 is 2.62 bits per heavy atom. The van der Waals surface area contributed by atoms with E-state index in [2.05, 4.69) is 24.1 Å². The van der Waals surface area contributed by atoms with E-state index >= 15 is 0 Å². The summed E-state index contributed by atoms with van der Waals surface area (Å²) in [7, 11) is -0.368. The van der Waals surface area contributed by atoms with Crippen LogP contribution in [0.3, 0.4) is 0 Å². The smallest absolute Gasteiger partial charge is 0.260 e. The Balaban J connectivity index is 2.70. The zero-order valence-corrected chi connectivity index (χ0v) is 14.0. The van der Waals surface area contributed by atoms with Crippen LogP contribution in [0.4, 0.5) is 0 Å². The minimum atomic E-state index is -3.52. The van der Waals surface area contributed by atoms with Gasteiger partial charge in [0, 0.05) is 46.1 Å². The molecule has 1 aromatic heterocycles. The average Bonchev–Trinajstić information content (AvgIpc) is 2.45. The number of hydrogen-bond donors (Lipinski definition) is 1. The predicted molar refractivity (Wildman–Crippen MR) is 82.5 cm³/mol. The van der Waals surface area contributed by atoms with Crippen LogP contribution >= 0.6 is 0 Å². The largest absolute Gasteiger partial charge is 0.385 e. The predicted octanol–water partition coefficient (Wildman–Crippen LogP) is 1.24. The first-order chi connectivity index (χ1) is 9.87. The molecule has 7 heteroatoms. The van der Waals surface area contributed by atoms with Gasteiger partial charge in [-0.1, -0.05) is 19.9 Å². The molecule has 6 nitrogen and oxygen atoms in total. The van der Waals surface area contributed by atoms with E-state index in [9.17, 15) is 8.42 Å². The standard InChI is InChI=1S/C14H25N3O3S/c1-12(2)15-10-13-6-7-14(16-11-13)21(18,19)17(3)8-5-9-20-4/h6-7,11-12,15H,5,8-10H2,1-4H3. The molecule has 0 aliphatic heterocycles. The van der Waals surface area contributed by atoms with Crippen LogP contribution in [0.1, 0.15) is 25.8 Å². The first-order valence-corrected chi connectivity index (χ1v) is 8.45. The molecule has 0 amide bonds. The van der Waals surface area contributed by atoms with Gasteiger partial charge >= 0.3 is 0 Å². The van der Waals surface area contributed by atoms with Crippen molar-refractivity contribution < 1.29 is 13.2 Å². The Labute approximate surface area is 127 Å². The summed E-state index contributed by atoms with van der Waals surface area (Å²) in [6.45, 7) is 5.73. The fraction of sp³-hybridized carbons (Fsp3) is 0.643. The number of rotatable bonds is 9. The van der Waals surface area contributed by atoms with Gasteiger partial charge < -0.3 is 10.1 Å². The van der Waals surface area contributed by atoms with Crippen LogP contribution in [0.5, 0.6) is 0 Å². The van der Waals surface area contributed by atoms with Crippen molar-refractivity contribution in [3.8, 4) is 0 Å². The highest BCUT2D eigenvalue weighted by Crippen LogP contribution is 2.12. The lowest BCUT2D eigenvalue weighted by Crippen LogP contribution is -2.29. The van der Waals surface area contributed by atoms with Crippen LogP contribution in [-0.4, -0.2) is 51.1 Å². The van der Waals surface area contributed by atoms with Gasteiger partial charge in [0.25, 0.3) is 10.0 Å². The molecule has 1 heterocycles. The minimum absolute atomic E-state index is 0.0794. The molecule has 21 heavy (non-hydrogen) atoms. The van der Waals surface area contributed by atoms with Gasteiger partial charge in [0.1, 0.15) is 0 Å². The fourth-order valence-electron chi connectivity index (χ4n) is 1.70. The van der Waals surface area contributed by atoms with Gasteiger partial charge in [-0.05, 0) is 18.1 Å². The van der Waals surface area contributed by atoms with Crippen LogP contribution in [0.2, 0.25) is 0 Å². The molecule has 1 N–H and O–H groups in total. The number of nitrogens with zero attached hydrogens (tertiary/aromatic N) is 2. The summed E-state index contributed by atoms with van der Waals surface area (Å²) >= 11 is 0. The highest BCUT2D eigenvalue weighted by molar-refractivity contribution is 7.89. The van der Waals surface area contributed by atoms with Gasteiger partial charge in [-0.25, -0.2) is 13.4 Å². The van der Waals surface area contributed by atoms with Gasteiger partial charge in [0.15, 0.2) is 5.03 Å². The van der Waals surface area contributed by atoms with Crippen molar-refractivity contribution >= 4 is 10.0 Å². The van der Waals surface area contributed by atoms with E-state index in [1.165, 1.54) is 4.31 Å². The van der Waals surface area contributed by atoms with Crippen LogP contribution in [-0.2, 0) is 21.3 Å². The number of aromatic nitrogens is 1. The zero-order chi connectivity index (χ0) is 15.9. The average molecular weight is 315 g/mol. The van der Waals surface area contributed by atoms with Crippen LogP contribution in [0.25, 0.3) is 0 Å². The number of methoxy groups -OCH3 is 1. The Hall–Kier alpha value is -1.02. The number of nitrogens with one attached hydrogen (secondary N) is 1. The number of pyridine rings is 1. The lowest BCUT2D eigenvalue weighted by atomic mass is 10.2. The SMILES string of the molecule is COCCCN(C)S(=O)(=O)c1ccc(CNC(C)C)cn1. The van der Waals surface area contributed by atoms with Crippen molar-refractivity contribution in [1.82, 2.24) is 14.6 Å². The maximum atomic E-state index is 12.3. The second kappa shape index (κ2) is 8.43. The van der Waals surface area contributed by atoms with E-state index in [0.29, 0.717) is 32.2 Å². The Bertz CT molecular complexity index is 515. The van der Waals surface area contributed by atoms with Gasteiger partial charge in [-0.2, -0.15) is 4.31 Å². The third-order valence-electron chi connectivity index (χ3n) is 3.01. The molecular weight excluding hydrogens is 290 g/mol. The van der Waals surface area contributed by atoms with E-state index in [-0.39, 0.29) is 5.03 Å². The molecule has 0 aromatic carbocycles. The van der Waals surface area contributed by atoms with Crippen molar-refractivity contribution in [2.75, 3.05) is 27.3 Å². The van der Waals surface area contributed by atoms with Crippen molar-refractivity contribution in [2.24, 2.45) is 0 Å². The minimum Gasteiger partial charge on any atom is -0.385 e. The first kappa shape index (κ1) is 18.0. The molecule has 0 unspecified atom stereocenters. The summed E-state index contributed by atoms with van der Waals surface area (Å²) < 4.78 is 30.9. The van der Waals surface area contributed by atoms with Gasteiger partial charge in [-0.15, -0.1) is 0 Å². The monoisotopic (exact) mass is 315 g/mol. The molecule has 120 valence electrons. The summed E-state index contributed by atoms with van der Waals surface area (Å²) in [6.07, 6.45) is 2.26. The summed E-state index contributed by atoms with van der Waals surface area (Å²) in [5.41, 5.74) is 0.963.